The molecule has 2 nitrogen and oxygen atoms in total. The molecule has 0 spiro atoms. The van der Waals surface area contributed by atoms with Crippen LogP contribution in [0.1, 0.15) is 69.4 Å². The lowest BCUT2D eigenvalue weighted by molar-refractivity contribution is 0.423. The number of H-pyrrole nitrogens is 1. The van der Waals surface area contributed by atoms with Gasteiger partial charge in [0, 0.05) is 5.39 Å². The molecule has 0 saturated heterocycles. The van der Waals surface area contributed by atoms with Gasteiger partial charge in [0.05, 0.1) is 11.2 Å². The van der Waals surface area contributed by atoms with Crippen LogP contribution in [0.3, 0.4) is 0 Å². The molecule has 1 aromatic heterocycles. The molecule has 2 fully saturated rings. The summed E-state index contributed by atoms with van der Waals surface area (Å²) in [7, 11) is 2.02. The number of fused-ring (bicyclic) bond motifs is 1. The molecule has 0 bridgehead atoms. The van der Waals surface area contributed by atoms with Crippen LogP contribution >= 0.6 is 0 Å². The van der Waals surface area contributed by atoms with Gasteiger partial charge < -0.3 is 10.3 Å². The fraction of sp³-hybridized carbons (Fsp3) is 0.448. The number of hydrogen-bond acceptors (Lipinski definition) is 1. The highest BCUT2D eigenvalue weighted by Gasteiger charge is 2.27. The Balaban J connectivity index is 0.000000295. The van der Waals surface area contributed by atoms with Gasteiger partial charge in [-0.2, -0.15) is 0 Å². The smallest absolute Gasteiger partial charge is 0.147 e. The topological polar surface area (TPSA) is 27.8 Å². The lowest BCUT2D eigenvalue weighted by Crippen LogP contribution is -2.09. The van der Waals surface area contributed by atoms with E-state index in [4.69, 9.17) is 0 Å². The molecule has 2 saturated carbocycles. The largest absolute Gasteiger partial charge is 0.352 e. The molecule has 2 aliphatic carbocycles. The van der Waals surface area contributed by atoms with Gasteiger partial charge in [-0.25, -0.2) is 8.78 Å². The van der Waals surface area contributed by atoms with Crippen molar-refractivity contribution in [1.82, 2.24) is 10.3 Å². The van der Waals surface area contributed by atoms with E-state index in [9.17, 15) is 8.78 Å². The molecule has 4 heteroatoms. The lowest BCUT2D eigenvalue weighted by atomic mass is 9.78. The van der Waals surface area contributed by atoms with E-state index in [2.05, 4.69) is 29.5 Å². The number of aromatic nitrogens is 1. The zero-order valence-electron chi connectivity index (χ0n) is 20.7. The summed E-state index contributed by atoms with van der Waals surface area (Å²) < 4.78 is 27.5. The highest BCUT2D eigenvalue weighted by atomic mass is 19.1. The zero-order valence-corrected chi connectivity index (χ0v) is 20.7. The molecule has 180 valence electrons. The minimum atomic E-state index is -0.257. The molecule has 2 aliphatic rings. The summed E-state index contributed by atoms with van der Waals surface area (Å²) in [5.74, 6) is 1.08. The molecule has 5 rings (SSSR count). The predicted octanol–water partition coefficient (Wildman–Crippen LogP) is 8.52. The van der Waals surface area contributed by atoms with Crippen molar-refractivity contribution in [3.05, 3.63) is 72.3 Å². The maximum atomic E-state index is 14.3. The summed E-state index contributed by atoms with van der Waals surface area (Å²) in [5, 5.41) is 4.11. The number of aryl methyl sites for hydroxylation is 1. The Kier molecular flexibility index (Phi) is 10.8. The Bertz CT molecular complexity index is 983. The average Bonchev–Trinajstić information content (AvgIpc) is 3.56. The molecular weight excluding hydrogens is 414 g/mol. The van der Waals surface area contributed by atoms with Crippen LogP contribution in [-0.2, 0) is 0 Å². The quantitative estimate of drug-likeness (QED) is 0.371. The minimum Gasteiger partial charge on any atom is -0.352 e. The zero-order chi connectivity index (χ0) is 24.4. The Morgan fingerprint density at radius 2 is 1.64 bits per heavy atom. The molecular formula is C29H40F2N2. The second kappa shape index (κ2) is 13.3. The van der Waals surface area contributed by atoms with Crippen LogP contribution in [0.4, 0.5) is 8.78 Å². The second-order valence-electron chi connectivity index (χ2n) is 8.55. The van der Waals surface area contributed by atoms with E-state index >= 15 is 0 Å². The van der Waals surface area contributed by atoms with Crippen LogP contribution in [-0.4, -0.2) is 18.6 Å². The highest BCUT2D eigenvalue weighted by molar-refractivity contribution is 5.92. The maximum Gasteiger partial charge on any atom is 0.147 e. The Hall–Kier alpha value is -2.46. The van der Waals surface area contributed by atoms with E-state index in [0.29, 0.717) is 11.4 Å². The number of nitrogens with one attached hydrogen (secondary N) is 2. The van der Waals surface area contributed by atoms with E-state index in [-0.39, 0.29) is 11.6 Å². The standard InChI is InChI=1S/C19H17F2N.C6H13N.C2H6.C2H4/c1-11-9-15-17(12-3-2-4-12)18(22-19(15)16(21)10-11)13-5-7-14(20)8-6-13;1-7-5-4-6-2-3-6;2*1-2/h5-10,12,22H,2-4H2,1H3;6-7H,2-5H2,1H3;1-2H3;1-2H2. The molecule has 0 aliphatic heterocycles. The van der Waals surface area contributed by atoms with E-state index in [1.165, 1.54) is 49.9 Å². The summed E-state index contributed by atoms with van der Waals surface area (Å²) >= 11 is 0. The van der Waals surface area contributed by atoms with Crippen LogP contribution in [0.5, 0.6) is 0 Å². The molecule has 0 radical (unpaired) electrons. The molecule has 0 atom stereocenters. The molecule has 2 N–H and O–H groups in total. The average molecular weight is 455 g/mol. The van der Waals surface area contributed by atoms with Gasteiger partial charge in [0.15, 0.2) is 0 Å². The van der Waals surface area contributed by atoms with E-state index in [1.807, 2.05) is 27.8 Å². The number of hydrogen-bond donors (Lipinski definition) is 2. The van der Waals surface area contributed by atoms with Gasteiger partial charge in [-0.05, 0) is 105 Å². The molecule has 0 amide bonds. The molecule has 3 aromatic rings. The van der Waals surface area contributed by atoms with Crippen molar-refractivity contribution in [3.8, 4) is 11.3 Å². The summed E-state index contributed by atoms with van der Waals surface area (Å²) in [4.78, 5) is 3.25. The van der Waals surface area contributed by atoms with Gasteiger partial charge in [0.2, 0.25) is 0 Å². The van der Waals surface area contributed by atoms with Gasteiger partial charge in [-0.3, -0.25) is 0 Å². The van der Waals surface area contributed by atoms with Crippen LogP contribution < -0.4 is 5.32 Å². The van der Waals surface area contributed by atoms with Crippen LogP contribution in [0, 0.1) is 24.5 Å². The van der Waals surface area contributed by atoms with E-state index in [1.54, 1.807) is 18.2 Å². The monoisotopic (exact) mass is 454 g/mol. The maximum absolute atomic E-state index is 14.3. The van der Waals surface area contributed by atoms with Crippen LogP contribution in [0.15, 0.2) is 49.6 Å². The number of halogens is 2. The minimum absolute atomic E-state index is 0.219. The van der Waals surface area contributed by atoms with Gasteiger partial charge in [-0.1, -0.05) is 33.1 Å². The first-order valence-corrected chi connectivity index (χ1v) is 12.3. The fourth-order valence-electron chi connectivity index (χ4n) is 4.13. The number of benzene rings is 2. The van der Waals surface area contributed by atoms with Crippen molar-refractivity contribution in [1.29, 1.82) is 0 Å². The van der Waals surface area contributed by atoms with Crippen molar-refractivity contribution in [3.63, 3.8) is 0 Å². The fourth-order valence-corrected chi connectivity index (χ4v) is 4.13. The van der Waals surface area contributed by atoms with E-state index in [0.717, 1.165) is 41.0 Å². The summed E-state index contributed by atoms with van der Waals surface area (Å²) in [5.41, 5.74) is 4.53. The van der Waals surface area contributed by atoms with Crippen LogP contribution in [0.2, 0.25) is 0 Å². The molecule has 1 heterocycles. The Labute approximate surface area is 198 Å². The van der Waals surface area contributed by atoms with Crippen molar-refractivity contribution < 1.29 is 8.78 Å². The predicted molar refractivity (Wildman–Crippen MR) is 139 cm³/mol. The molecule has 2 aromatic carbocycles. The van der Waals surface area contributed by atoms with Crippen molar-refractivity contribution >= 4 is 10.9 Å². The second-order valence-corrected chi connectivity index (χ2v) is 8.55. The lowest BCUT2D eigenvalue weighted by Gasteiger charge is -2.26. The normalized spacial score (nSPS) is 14.7. The number of rotatable bonds is 5. The highest BCUT2D eigenvalue weighted by Crippen LogP contribution is 2.45. The molecule has 0 unspecified atom stereocenters. The van der Waals surface area contributed by atoms with E-state index < -0.39 is 0 Å². The summed E-state index contributed by atoms with van der Waals surface area (Å²) in [6, 6.07) is 10.0. The van der Waals surface area contributed by atoms with Gasteiger partial charge in [-0.15, -0.1) is 13.2 Å². The van der Waals surface area contributed by atoms with Crippen LogP contribution in [0.25, 0.3) is 22.2 Å². The first-order valence-electron chi connectivity index (χ1n) is 12.3. The Morgan fingerprint density at radius 1 is 1.00 bits per heavy atom. The summed E-state index contributed by atoms with van der Waals surface area (Å²) in [6.07, 6.45) is 7.86. The third kappa shape index (κ3) is 7.01. The number of aromatic amines is 1. The van der Waals surface area contributed by atoms with Gasteiger partial charge in [0.25, 0.3) is 0 Å². The van der Waals surface area contributed by atoms with Crippen molar-refractivity contribution in [2.75, 3.05) is 13.6 Å². The molecule has 33 heavy (non-hydrogen) atoms. The van der Waals surface area contributed by atoms with Crippen molar-refractivity contribution in [2.24, 2.45) is 5.92 Å². The van der Waals surface area contributed by atoms with Crippen molar-refractivity contribution in [2.45, 2.75) is 65.2 Å². The SMILES string of the molecule is C=C.CC.CNCCC1CC1.Cc1cc(F)c2[nH]c(-c3ccc(F)cc3)c(C3CCC3)c2c1. The van der Waals surface area contributed by atoms with Gasteiger partial charge in [0.1, 0.15) is 11.6 Å². The summed E-state index contributed by atoms with van der Waals surface area (Å²) in [6.45, 7) is 13.1. The Morgan fingerprint density at radius 3 is 2.15 bits per heavy atom. The van der Waals surface area contributed by atoms with Gasteiger partial charge >= 0.3 is 0 Å². The first kappa shape index (κ1) is 26.8. The third-order valence-electron chi connectivity index (χ3n) is 6.19. The third-order valence-corrected chi connectivity index (χ3v) is 6.19. The first-order chi connectivity index (χ1) is 16.1.